The molecule has 0 aliphatic carbocycles. The minimum Gasteiger partial charge on any atom is -0.497 e. The van der Waals surface area contributed by atoms with Gasteiger partial charge in [0.25, 0.3) is 0 Å². The van der Waals surface area contributed by atoms with E-state index in [1.165, 1.54) is 13.2 Å². The van der Waals surface area contributed by atoms with Crippen molar-refractivity contribution in [1.29, 1.82) is 0 Å². The SMILES string of the molecule is COc1cccc(C(=O)CS(=O)(=O)CCCCN)c1. The molecule has 19 heavy (non-hydrogen) atoms. The summed E-state index contributed by atoms with van der Waals surface area (Å²) in [6.07, 6.45) is 1.14. The number of Topliss-reactive ketones (excluding diaryl/α,β-unsaturated/α-hetero) is 1. The van der Waals surface area contributed by atoms with E-state index >= 15 is 0 Å². The van der Waals surface area contributed by atoms with Crippen LogP contribution in [0.3, 0.4) is 0 Å². The van der Waals surface area contributed by atoms with Crippen molar-refractivity contribution in [2.75, 3.05) is 25.2 Å². The van der Waals surface area contributed by atoms with E-state index in [1.54, 1.807) is 18.2 Å². The normalized spacial score (nSPS) is 11.3. The highest BCUT2D eigenvalue weighted by atomic mass is 32.2. The first-order chi connectivity index (χ1) is 8.98. The first-order valence-electron chi connectivity index (χ1n) is 6.06. The van der Waals surface area contributed by atoms with E-state index in [4.69, 9.17) is 10.5 Å². The Morgan fingerprint density at radius 3 is 2.68 bits per heavy atom. The summed E-state index contributed by atoms with van der Waals surface area (Å²) in [4.78, 5) is 11.9. The Kier molecular flexibility index (Phi) is 5.98. The van der Waals surface area contributed by atoms with Gasteiger partial charge in [0.1, 0.15) is 11.5 Å². The molecule has 0 atom stereocenters. The molecule has 0 fully saturated rings. The van der Waals surface area contributed by atoms with Gasteiger partial charge >= 0.3 is 0 Å². The summed E-state index contributed by atoms with van der Waals surface area (Å²) in [6.45, 7) is 0.458. The van der Waals surface area contributed by atoms with E-state index in [9.17, 15) is 13.2 Å². The molecular formula is C13H19NO4S. The van der Waals surface area contributed by atoms with Gasteiger partial charge in [0, 0.05) is 5.56 Å². The Hall–Kier alpha value is -1.40. The molecule has 0 aliphatic rings. The average molecular weight is 285 g/mol. The monoisotopic (exact) mass is 285 g/mol. The Bertz CT molecular complexity index is 525. The number of ketones is 1. The summed E-state index contributed by atoms with van der Waals surface area (Å²) in [5.41, 5.74) is 5.66. The number of nitrogens with two attached hydrogens (primary N) is 1. The molecule has 1 rings (SSSR count). The number of hydrogen-bond donors (Lipinski definition) is 1. The number of benzene rings is 1. The molecule has 106 valence electrons. The number of unbranched alkanes of at least 4 members (excludes halogenated alkanes) is 1. The lowest BCUT2D eigenvalue weighted by Gasteiger charge is -2.05. The lowest BCUT2D eigenvalue weighted by atomic mass is 10.1. The van der Waals surface area contributed by atoms with Gasteiger partial charge in [0.2, 0.25) is 0 Å². The van der Waals surface area contributed by atoms with E-state index in [0.29, 0.717) is 30.7 Å². The number of hydrogen-bond acceptors (Lipinski definition) is 5. The van der Waals surface area contributed by atoms with Gasteiger partial charge in [0.05, 0.1) is 12.9 Å². The maximum Gasteiger partial charge on any atom is 0.178 e. The molecule has 0 amide bonds. The van der Waals surface area contributed by atoms with Crippen molar-refractivity contribution in [1.82, 2.24) is 0 Å². The summed E-state index contributed by atoms with van der Waals surface area (Å²) in [5.74, 6) is -0.344. The molecule has 1 aromatic carbocycles. The Morgan fingerprint density at radius 1 is 1.32 bits per heavy atom. The minimum atomic E-state index is -3.37. The molecular weight excluding hydrogens is 266 g/mol. The molecule has 2 N–H and O–H groups in total. The van der Waals surface area contributed by atoms with Crippen LogP contribution in [0.5, 0.6) is 5.75 Å². The zero-order valence-corrected chi connectivity index (χ0v) is 11.8. The predicted molar refractivity (Wildman–Crippen MR) is 74.3 cm³/mol. The van der Waals surface area contributed by atoms with Crippen LogP contribution in [-0.4, -0.2) is 39.4 Å². The Balaban J connectivity index is 2.67. The average Bonchev–Trinajstić information content (AvgIpc) is 2.38. The quantitative estimate of drug-likeness (QED) is 0.569. The largest absolute Gasteiger partial charge is 0.497 e. The number of rotatable bonds is 8. The molecule has 6 heteroatoms. The number of carbonyl (C=O) groups is 1. The molecule has 0 unspecified atom stereocenters. The van der Waals surface area contributed by atoms with Crippen LogP contribution < -0.4 is 10.5 Å². The van der Waals surface area contributed by atoms with Gasteiger partial charge in [-0.25, -0.2) is 8.42 Å². The maximum absolute atomic E-state index is 11.9. The van der Waals surface area contributed by atoms with Crippen molar-refractivity contribution in [3.05, 3.63) is 29.8 Å². The number of sulfone groups is 1. The first-order valence-corrected chi connectivity index (χ1v) is 7.88. The highest BCUT2D eigenvalue weighted by Gasteiger charge is 2.17. The minimum absolute atomic E-state index is 0.0000908. The van der Waals surface area contributed by atoms with Crippen LogP contribution in [0.4, 0.5) is 0 Å². The highest BCUT2D eigenvalue weighted by molar-refractivity contribution is 7.92. The first kappa shape index (κ1) is 15.7. The van der Waals surface area contributed by atoms with Gasteiger partial charge < -0.3 is 10.5 Å². The van der Waals surface area contributed by atoms with Gasteiger partial charge in [-0.05, 0) is 31.5 Å². The smallest absolute Gasteiger partial charge is 0.178 e. The second-order valence-electron chi connectivity index (χ2n) is 4.24. The summed E-state index contributed by atoms with van der Waals surface area (Å²) < 4.78 is 28.5. The Labute approximate surface area is 113 Å². The van der Waals surface area contributed by atoms with E-state index in [0.717, 1.165) is 0 Å². The molecule has 0 aromatic heterocycles. The third-order valence-corrected chi connectivity index (χ3v) is 4.26. The molecule has 0 spiro atoms. The van der Waals surface area contributed by atoms with Crippen LogP contribution in [0.15, 0.2) is 24.3 Å². The summed E-state index contributed by atoms with van der Waals surface area (Å²) in [7, 11) is -1.87. The summed E-state index contributed by atoms with van der Waals surface area (Å²) >= 11 is 0. The molecule has 5 nitrogen and oxygen atoms in total. The van der Waals surface area contributed by atoms with Gasteiger partial charge in [-0.3, -0.25) is 4.79 Å². The summed E-state index contributed by atoms with van der Waals surface area (Å²) in [6, 6.07) is 6.48. The van der Waals surface area contributed by atoms with E-state index in [2.05, 4.69) is 0 Å². The molecule has 0 radical (unpaired) electrons. The fraction of sp³-hybridized carbons (Fsp3) is 0.462. The van der Waals surface area contributed by atoms with Gasteiger partial charge in [-0.2, -0.15) is 0 Å². The van der Waals surface area contributed by atoms with E-state index in [-0.39, 0.29) is 5.75 Å². The third-order valence-electron chi connectivity index (χ3n) is 2.65. The zero-order chi connectivity index (χ0) is 14.3. The lowest BCUT2D eigenvalue weighted by molar-refractivity contribution is 0.102. The van der Waals surface area contributed by atoms with Crippen LogP contribution in [0, 0.1) is 0 Å². The number of carbonyl (C=O) groups excluding carboxylic acids is 1. The van der Waals surface area contributed by atoms with Crippen LogP contribution in [0.1, 0.15) is 23.2 Å². The topological polar surface area (TPSA) is 86.5 Å². The second kappa shape index (κ2) is 7.25. The van der Waals surface area contributed by atoms with Crippen molar-refractivity contribution in [2.45, 2.75) is 12.8 Å². The van der Waals surface area contributed by atoms with Gasteiger partial charge in [-0.15, -0.1) is 0 Å². The Morgan fingerprint density at radius 2 is 2.05 bits per heavy atom. The second-order valence-corrected chi connectivity index (χ2v) is 6.43. The van der Waals surface area contributed by atoms with Gasteiger partial charge in [0.15, 0.2) is 15.6 Å². The van der Waals surface area contributed by atoms with Crippen molar-refractivity contribution in [3.8, 4) is 5.75 Å². The maximum atomic E-state index is 11.9. The van der Waals surface area contributed by atoms with Gasteiger partial charge in [-0.1, -0.05) is 12.1 Å². The van der Waals surface area contributed by atoms with Crippen LogP contribution in [0.2, 0.25) is 0 Å². The van der Waals surface area contributed by atoms with Crippen molar-refractivity contribution in [3.63, 3.8) is 0 Å². The summed E-state index contributed by atoms with van der Waals surface area (Å²) in [5, 5.41) is 0. The van der Waals surface area contributed by atoms with E-state index in [1.807, 2.05) is 0 Å². The van der Waals surface area contributed by atoms with Crippen molar-refractivity contribution in [2.24, 2.45) is 5.73 Å². The highest BCUT2D eigenvalue weighted by Crippen LogP contribution is 2.14. The number of ether oxygens (including phenoxy) is 1. The molecule has 0 saturated carbocycles. The lowest BCUT2D eigenvalue weighted by Crippen LogP contribution is -2.19. The predicted octanol–water partition coefficient (Wildman–Crippen LogP) is 1.03. The molecule has 0 bridgehead atoms. The zero-order valence-electron chi connectivity index (χ0n) is 11.0. The fourth-order valence-corrected chi connectivity index (χ4v) is 2.97. The van der Waals surface area contributed by atoms with Crippen LogP contribution >= 0.6 is 0 Å². The molecule has 0 aliphatic heterocycles. The molecule has 1 aromatic rings. The standard InChI is InChI=1S/C13H19NO4S/c1-18-12-6-4-5-11(9-12)13(15)10-19(16,17)8-3-2-7-14/h4-6,9H,2-3,7-8,10,14H2,1H3. The van der Waals surface area contributed by atoms with Crippen molar-refractivity contribution >= 4 is 15.6 Å². The molecule has 0 heterocycles. The van der Waals surface area contributed by atoms with Crippen LogP contribution in [-0.2, 0) is 9.84 Å². The van der Waals surface area contributed by atoms with Crippen molar-refractivity contribution < 1.29 is 17.9 Å². The van der Waals surface area contributed by atoms with Crippen LogP contribution in [0.25, 0.3) is 0 Å². The molecule has 0 saturated heterocycles. The van der Waals surface area contributed by atoms with E-state index < -0.39 is 21.4 Å². The third kappa shape index (κ3) is 5.40. The fourth-order valence-electron chi connectivity index (χ4n) is 1.62. The number of methoxy groups -OCH3 is 1.